The summed E-state index contributed by atoms with van der Waals surface area (Å²) in [5.41, 5.74) is 0. The normalized spacial score (nSPS) is 23.7. The average molecular weight is 270 g/mol. The molecule has 1 N–H and O–H groups in total. The number of hydrogen-bond acceptors (Lipinski definition) is 6. The molecule has 0 amide bonds. The van der Waals surface area contributed by atoms with Gasteiger partial charge in [-0.15, -0.1) is 0 Å². The molecule has 1 aliphatic heterocycles. The molecule has 1 aliphatic rings. The van der Waals surface area contributed by atoms with Crippen molar-refractivity contribution in [2.45, 2.75) is 26.0 Å². The van der Waals surface area contributed by atoms with Crippen LogP contribution in [0.1, 0.15) is 12.7 Å². The number of rotatable bonds is 3. The summed E-state index contributed by atoms with van der Waals surface area (Å²) in [5, 5.41) is 20.3. The molecule has 1 aromatic rings. The van der Waals surface area contributed by atoms with Gasteiger partial charge in [-0.1, -0.05) is 0 Å². The second kappa shape index (κ2) is 5.14. The molecule has 0 aliphatic carbocycles. The van der Waals surface area contributed by atoms with Gasteiger partial charge in [0.25, 0.3) is 0 Å². The van der Waals surface area contributed by atoms with E-state index in [0.29, 0.717) is 24.8 Å². The predicted octanol–water partition coefficient (Wildman–Crippen LogP) is 0.223. The van der Waals surface area contributed by atoms with Gasteiger partial charge in [0.1, 0.15) is 0 Å². The summed E-state index contributed by atoms with van der Waals surface area (Å²) >= 11 is 0. The zero-order valence-corrected chi connectivity index (χ0v) is 11.2. The molecule has 0 spiro atoms. The summed E-state index contributed by atoms with van der Waals surface area (Å²) in [4.78, 5) is 16.5. The minimum atomic E-state index is -0.474. The van der Waals surface area contributed by atoms with E-state index in [2.05, 4.69) is 4.98 Å². The lowest BCUT2D eigenvalue weighted by atomic mass is 10.2. The lowest BCUT2D eigenvalue weighted by molar-refractivity contribution is -0.388. The van der Waals surface area contributed by atoms with E-state index < -0.39 is 4.92 Å². The van der Waals surface area contributed by atoms with Crippen LogP contribution < -0.4 is 4.90 Å². The van der Waals surface area contributed by atoms with Gasteiger partial charge in [-0.25, -0.2) is 0 Å². The maximum absolute atomic E-state index is 11.1. The Kier molecular flexibility index (Phi) is 3.72. The number of nitro groups is 1. The quantitative estimate of drug-likeness (QED) is 0.624. The third-order valence-electron chi connectivity index (χ3n) is 3.42. The van der Waals surface area contributed by atoms with Crippen LogP contribution in [0.25, 0.3) is 0 Å². The fourth-order valence-electron chi connectivity index (χ4n) is 2.25. The Labute approximate surface area is 110 Å². The minimum Gasteiger partial charge on any atom is -0.394 e. The summed E-state index contributed by atoms with van der Waals surface area (Å²) < 4.78 is 7.15. The van der Waals surface area contributed by atoms with Crippen molar-refractivity contribution < 1.29 is 14.8 Å². The third-order valence-corrected chi connectivity index (χ3v) is 3.42. The topological polar surface area (TPSA) is 93.7 Å². The zero-order chi connectivity index (χ0) is 14.2. The van der Waals surface area contributed by atoms with Crippen LogP contribution in [0.2, 0.25) is 0 Å². The van der Waals surface area contributed by atoms with Crippen LogP contribution in [0.15, 0.2) is 0 Å². The number of aliphatic hydroxyl groups excluding tert-OH is 1. The van der Waals surface area contributed by atoms with Gasteiger partial charge in [0.15, 0.2) is 0 Å². The molecule has 2 heterocycles. The van der Waals surface area contributed by atoms with Crippen LogP contribution in [0, 0.1) is 17.0 Å². The van der Waals surface area contributed by atoms with Crippen molar-refractivity contribution >= 4 is 11.6 Å². The monoisotopic (exact) mass is 270 g/mol. The molecule has 0 saturated carbocycles. The smallest absolute Gasteiger partial charge is 0.394 e. The highest BCUT2D eigenvalue weighted by Gasteiger charge is 2.34. The van der Waals surface area contributed by atoms with E-state index in [9.17, 15) is 15.2 Å². The molecule has 8 heteroatoms. The van der Waals surface area contributed by atoms with E-state index in [1.54, 1.807) is 18.5 Å². The summed E-state index contributed by atoms with van der Waals surface area (Å²) in [7, 11) is 1.75. The van der Waals surface area contributed by atoms with E-state index in [4.69, 9.17) is 4.74 Å². The minimum absolute atomic E-state index is 0.00343. The highest BCUT2D eigenvalue weighted by molar-refractivity contribution is 5.57. The summed E-state index contributed by atoms with van der Waals surface area (Å²) in [5.74, 6) is 0.906. The van der Waals surface area contributed by atoms with Crippen molar-refractivity contribution in [2.75, 3.05) is 24.7 Å². The first-order valence-electron chi connectivity index (χ1n) is 6.12. The molecule has 1 saturated heterocycles. The van der Waals surface area contributed by atoms with Crippen molar-refractivity contribution in [3.8, 4) is 0 Å². The number of imidazole rings is 1. The standard InChI is InChI=1S/C11H18N4O4/c1-7-6-19-9(5-16)4-14(7)11-10(15(17)18)12-8(2)13(11)3/h7,9,16H,4-6H2,1-3H3. The van der Waals surface area contributed by atoms with Crippen molar-refractivity contribution in [3.05, 3.63) is 15.9 Å². The predicted molar refractivity (Wildman–Crippen MR) is 68.2 cm³/mol. The summed E-state index contributed by atoms with van der Waals surface area (Å²) in [6.45, 7) is 4.39. The molecule has 8 nitrogen and oxygen atoms in total. The molecule has 0 bridgehead atoms. The number of anilines is 1. The van der Waals surface area contributed by atoms with Crippen molar-refractivity contribution in [3.63, 3.8) is 0 Å². The highest BCUT2D eigenvalue weighted by atomic mass is 16.6. The van der Waals surface area contributed by atoms with Gasteiger partial charge < -0.3 is 24.9 Å². The van der Waals surface area contributed by atoms with Gasteiger partial charge in [0.05, 0.1) is 25.4 Å². The Morgan fingerprint density at radius 2 is 2.32 bits per heavy atom. The first-order chi connectivity index (χ1) is 8.95. The Hall–Kier alpha value is -1.67. The largest absolute Gasteiger partial charge is 0.406 e. The molecule has 0 radical (unpaired) electrons. The molecule has 106 valence electrons. The van der Waals surface area contributed by atoms with E-state index >= 15 is 0 Å². The van der Waals surface area contributed by atoms with Crippen LogP contribution >= 0.6 is 0 Å². The van der Waals surface area contributed by atoms with Gasteiger partial charge in [-0.05, 0) is 16.8 Å². The molecule has 0 aromatic carbocycles. The molecular formula is C11H18N4O4. The zero-order valence-electron chi connectivity index (χ0n) is 11.2. The lowest BCUT2D eigenvalue weighted by Crippen LogP contribution is -2.50. The van der Waals surface area contributed by atoms with Gasteiger partial charge >= 0.3 is 5.82 Å². The maximum atomic E-state index is 11.1. The maximum Gasteiger partial charge on any atom is 0.406 e. The summed E-state index contributed by atoms with van der Waals surface area (Å²) in [6, 6.07) is -0.00343. The first kappa shape index (κ1) is 13.8. The van der Waals surface area contributed by atoms with Gasteiger partial charge in [0, 0.05) is 20.5 Å². The number of aromatic nitrogens is 2. The molecule has 1 aromatic heterocycles. The SMILES string of the molecule is Cc1nc([N+](=O)[O-])c(N2CC(CO)OCC2C)n1C. The lowest BCUT2D eigenvalue weighted by Gasteiger charge is -2.38. The third kappa shape index (κ3) is 2.41. The number of hydrogen-bond donors (Lipinski definition) is 1. The number of morpholine rings is 1. The Morgan fingerprint density at radius 1 is 1.63 bits per heavy atom. The van der Waals surface area contributed by atoms with Crippen LogP contribution in [-0.4, -0.2) is 51.5 Å². The molecule has 19 heavy (non-hydrogen) atoms. The molecule has 2 unspecified atom stereocenters. The number of aryl methyl sites for hydroxylation is 1. The van der Waals surface area contributed by atoms with Gasteiger partial charge in [-0.2, -0.15) is 0 Å². The van der Waals surface area contributed by atoms with E-state index in [-0.39, 0.29) is 24.6 Å². The number of aliphatic hydroxyl groups is 1. The fourth-order valence-corrected chi connectivity index (χ4v) is 2.25. The van der Waals surface area contributed by atoms with Crippen LogP contribution in [0.5, 0.6) is 0 Å². The highest BCUT2D eigenvalue weighted by Crippen LogP contribution is 2.31. The molecular weight excluding hydrogens is 252 g/mol. The van der Waals surface area contributed by atoms with Gasteiger partial charge in [-0.3, -0.25) is 4.57 Å². The van der Waals surface area contributed by atoms with Crippen molar-refractivity contribution in [1.29, 1.82) is 0 Å². The second-order valence-electron chi connectivity index (χ2n) is 4.76. The van der Waals surface area contributed by atoms with Crippen molar-refractivity contribution in [2.24, 2.45) is 7.05 Å². The van der Waals surface area contributed by atoms with E-state index in [1.807, 2.05) is 11.8 Å². The fraction of sp³-hybridized carbons (Fsp3) is 0.727. The summed E-state index contributed by atoms with van der Waals surface area (Å²) in [6.07, 6.45) is -0.328. The Morgan fingerprint density at radius 3 is 2.89 bits per heavy atom. The molecule has 2 rings (SSSR count). The van der Waals surface area contributed by atoms with Crippen LogP contribution in [-0.2, 0) is 11.8 Å². The van der Waals surface area contributed by atoms with Crippen LogP contribution in [0.4, 0.5) is 11.6 Å². The number of ether oxygens (including phenoxy) is 1. The average Bonchev–Trinajstić information content (AvgIpc) is 2.67. The Bertz CT molecular complexity index is 487. The van der Waals surface area contributed by atoms with Crippen LogP contribution in [0.3, 0.4) is 0 Å². The Balaban J connectivity index is 2.41. The van der Waals surface area contributed by atoms with E-state index in [1.165, 1.54) is 0 Å². The van der Waals surface area contributed by atoms with Gasteiger partial charge in [0.2, 0.25) is 11.6 Å². The molecule has 2 atom stereocenters. The first-order valence-corrected chi connectivity index (χ1v) is 6.12. The second-order valence-corrected chi connectivity index (χ2v) is 4.76. The molecule has 1 fully saturated rings. The van der Waals surface area contributed by atoms with E-state index in [0.717, 1.165) is 0 Å². The van der Waals surface area contributed by atoms with Crippen molar-refractivity contribution in [1.82, 2.24) is 9.55 Å². The number of nitrogens with zero attached hydrogens (tertiary/aromatic N) is 4.